The van der Waals surface area contributed by atoms with Gasteiger partial charge in [0, 0.05) is 18.2 Å². The molecule has 4 nitrogen and oxygen atoms in total. The molecule has 1 saturated heterocycles. The standard InChI is InChI=1S/C15H19F3N2O2.ClH/c1-10-7-12(4-5-13(10)22-9-15(16,17)18)20-14(21)8-11-3-2-6-19-11;/h4-5,7,11,19H,2-3,6,8-9H2,1H3,(H,20,21);1H. The van der Waals surface area contributed by atoms with E-state index in [4.69, 9.17) is 4.74 Å². The van der Waals surface area contributed by atoms with Gasteiger partial charge in [-0.2, -0.15) is 13.2 Å². The van der Waals surface area contributed by atoms with E-state index < -0.39 is 12.8 Å². The number of halogens is 4. The Morgan fingerprint density at radius 1 is 1.43 bits per heavy atom. The Morgan fingerprint density at radius 2 is 2.17 bits per heavy atom. The highest BCUT2D eigenvalue weighted by molar-refractivity contribution is 5.91. The molecule has 130 valence electrons. The molecule has 2 rings (SSSR count). The number of carbonyl (C=O) groups is 1. The van der Waals surface area contributed by atoms with Gasteiger partial charge in [-0.05, 0) is 50.1 Å². The van der Waals surface area contributed by atoms with Crippen molar-refractivity contribution in [3.8, 4) is 5.75 Å². The largest absolute Gasteiger partial charge is 0.484 e. The Hall–Kier alpha value is -1.47. The van der Waals surface area contributed by atoms with E-state index in [1.165, 1.54) is 6.07 Å². The highest BCUT2D eigenvalue weighted by Gasteiger charge is 2.28. The highest BCUT2D eigenvalue weighted by atomic mass is 35.5. The van der Waals surface area contributed by atoms with Gasteiger partial charge in [0.25, 0.3) is 0 Å². The van der Waals surface area contributed by atoms with Crippen molar-refractivity contribution in [2.75, 3.05) is 18.5 Å². The SMILES string of the molecule is Cc1cc(NC(=O)CC2CCCN2)ccc1OCC(F)(F)F.Cl. The summed E-state index contributed by atoms with van der Waals surface area (Å²) in [5.41, 5.74) is 1.10. The molecule has 1 fully saturated rings. The third-order valence-electron chi connectivity index (χ3n) is 3.44. The number of alkyl halides is 3. The quantitative estimate of drug-likeness (QED) is 0.853. The molecule has 0 bridgehead atoms. The third kappa shape index (κ3) is 6.66. The Morgan fingerprint density at radius 3 is 2.74 bits per heavy atom. The fourth-order valence-corrected chi connectivity index (χ4v) is 2.42. The molecule has 1 aromatic rings. The van der Waals surface area contributed by atoms with Crippen molar-refractivity contribution in [2.24, 2.45) is 0 Å². The van der Waals surface area contributed by atoms with Crippen LogP contribution in [0.25, 0.3) is 0 Å². The highest BCUT2D eigenvalue weighted by Crippen LogP contribution is 2.24. The van der Waals surface area contributed by atoms with Gasteiger partial charge in [0.2, 0.25) is 5.91 Å². The number of ether oxygens (including phenoxy) is 1. The van der Waals surface area contributed by atoms with Crippen LogP contribution in [0.4, 0.5) is 18.9 Å². The Bertz CT molecular complexity index is 532. The van der Waals surface area contributed by atoms with Gasteiger partial charge >= 0.3 is 6.18 Å². The molecule has 1 unspecified atom stereocenters. The fraction of sp³-hybridized carbons (Fsp3) is 0.533. The molecule has 1 heterocycles. The van der Waals surface area contributed by atoms with Crippen molar-refractivity contribution in [1.29, 1.82) is 0 Å². The minimum Gasteiger partial charge on any atom is -0.484 e. The molecule has 1 atom stereocenters. The zero-order valence-electron chi connectivity index (χ0n) is 12.7. The van der Waals surface area contributed by atoms with E-state index in [9.17, 15) is 18.0 Å². The normalized spacial score (nSPS) is 17.5. The first-order valence-corrected chi connectivity index (χ1v) is 7.17. The van der Waals surface area contributed by atoms with Gasteiger partial charge in [-0.25, -0.2) is 0 Å². The maximum absolute atomic E-state index is 12.1. The van der Waals surface area contributed by atoms with Gasteiger partial charge in [0.15, 0.2) is 6.61 Å². The second-order valence-electron chi connectivity index (χ2n) is 5.43. The van der Waals surface area contributed by atoms with Gasteiger partial charge in [-0.3, -0.25) is 4.79 Å². The molecular formula is C15H20ClF3N2O2. The van der Waals surface area contributed by atoms with Crippen LogP contribution < -0.4 is 15.4 Å². The number of nitrogens with one attached hydrogen (secondary N) is 2. The summed E-state index contributed by atoms with van der Waals surface area (Å²) in [5, 5.41) is 5.99. The van der Waals surface area contributed by atoms with Crippen LogP contribution in [0.2, 0.25) is 0 Å². The lowest BCUT2D eigenvalue weighted by Crippen LogP contribution is -2.27. The maximum Gasteiger partial charge on any atom is 0.422 e. The van der Waals surface area contributed by atoms with E-state index in [1.807, 2.05) is 0 Å². The van der Waals surface area contributed by atoms with Crippen LogP contribution in [-0.4, -0.2) is 31.3 Å². The number of rotatable bonds is 5. The molecule has 1 amide bonds. The molecule has 1 aromatic carbocycles. The predicted octanol–water partition coefficient (Wildman–Crippen LogP) is 3.44. The number of anilines is 1. The Kier molecular flexibility index (Phi) is 7.15. The molecule has 0 radical (unpaired) electrons. The Labute approximate surface area is 139 Å². The molecule has 8 heteroatoms. The van der Waals surface area contributed by atoms with Crippen molar-refractivity contribution >= 4 is 24.0 Å². The van der Waals surface area contributed by atoms with Gasteiger partial charge in [0.05, 0.1) is 0 Å². The summed E-state index contributed by atoms with van der Waals surface area (Å²) in [6.07, 6.45) is -1.92. The molecule has 0 spiro atoms. The number of benzene rings is 1. The van der Waals surface area contributed by atoms with Crippen LogP contribution in [0.3, 0.4) is 0 Å². The minimum atomic E-state index is -4.37. The van der Waals surface area contributed by atoms with Crippen LogP contribution in [-0.2, 0) is 4.79 Å². The fourth-order valence-electron chi connectivity index (χ4n) is 2.42. The summed E-state index contributed by atoms with van der Waals surface area (Å²) in [4.78, 5) is 11.9. The summed E-state index contributed by atoms with van der Waals surface area (Å²) in [5.74, 6) is 0.0514. The van der Waals surface area contributed by atoms with E-state index in [1.54, 1.807) is 19.1 Å². The molecule has 0 aliphatic carbocycles. The maximum atomic E-state index is 12.1. The van der Waals surface area contributed by atoms with Gasteiger partial charge < -0.3 is 15.4 Å². The van der Waals surface area contributed by atoms with Crippen molar-refractivity contribution in [3.05, 3.63) is 23.8 Å². The summed E-state index contributed by atoms with van der Waals surface area (Å²) >= 11 is 0. The monoisotopic (exact) mass is 352 g/mol. The number of carbonyl (C=O) groups excluding carboxylic acids is 1. The molecule has 0 saturated carbocycles. The molecule has 1 aliphatic rings. The van der Waals surface area contributed by atoms with E-state index in [2.05, 4.69) is 10.6 Å². The second-order valence-corrected chi connectivity index (χ2v) is 5.43. The summed E-state index contributed by atoms with van der Waals surface area (Å²) in [6, 6.07) is 4.78. The van der Waals surface area contributed by atoms with Crippen molar-refractivity contribution in [3.63, 3.8) is 0 Å². The van der Waals surface area contributed by atoms with Gasteiger partial charge in [-0.15, -0.1) is 12.4 Å². The third-order valence-corrected chi connectivity index (χ3v) is 3.44. The van der Waals surface area contributed by atoms with E-state index >= 15 is 0 Å². The molecular weight excluding hydrogens is 333 g/mol. The first-order chi connectivity index (χ1) is 10.3. The number of aryl methyl sites for hydroxylation is 1. The van der Waals surface area contributed by atoms with E-state index in [-0.39, 0.29) is 30.1 Å². The number of hydrogen-bond donors (Lipinski definition) is 2. The van der Waals surface area contributed by atoms with Gasteiger partial charge in [0.1, 0.15) is 5.75 Å². The predicted molar refractivity (Wildman–Crippen MR) is 84.2 cm³/mol. The molecule has 0 aromatic heterocycles. The van der Waals surface area contributed by atoms with Crippen LogP contribution in [0.15, 0.2) is 18.2 Å². The smallest absolute Gasteiger partial charge is 0.422 e. The lowest BCUT2D eigenvalue weighted by atomic mass is 10.1. The average molecular weight is 353 g/mol. The van der Waals surface area contributed by atoms with Crippen LogP contribution in [0, 0.1) is 6.92 Å². The zero-order valence-corrected chi connectivity index (χ0v) is 13.5. The van der Waals surface area contributed by atoms with E-state index in [0.29, 0.717) is 17.7 Å². The number of hydrogen-bond acceptors (Lipinski definition) is 3. The zero-order chi connectivity index (χ0) is 16.2. The first-order valence-electron chi connectivity index (χ1n) is 7.17. The second kappa shape index (κ2) is 8.40. The Balaban J connectivity index is 0.00000264. The summed E-state index contributed by atoms with van der Waals surface area (Å²) in [6.45, 7) is 1.25. The lowest BCUT2D eigenvalue weighted by molar-refractivity contribution is -0.153. The topological polar surface area (TPSA) is 50.4 Å². The molecule has 2 N–H and O–H groups in total. The van der Waals surface area contributed by atoms with Crippen molar-refractivity contribution in [2.45, 2.75) is 38.4 Å². The summed E-state index contributed by atoms with van der Waals surface area (Å²) < 4.78 is 41.1. The average Bonchev–Trinajstić information content (AvgIpc) is 2.89. The molecule has 23 heavy (non-hydrogen) atoms. The lowest BCUT2D eigenvalue weighted by Gasteiger charge is -2.14. The van der Waals surface area contributed by atoms with Crippen LogP contribution in [0.5, 0.6) is 5.75 Å². The summed E-state index contributed by atoms with van der Waals surface area (Å²) in [7, 11) is 0. The van der Waals surface area contributed by atoms with Crippen LogP contribution in [0.1, 0.15) is 24.8 Å². The first kappa shape index (κ1) is 19.6. The van der Waals surface area contributed by atoms with Crippen LogP contribution >= 0.6 is 12.4 Å². The van der Waals surface area contributed by atoms with Crippen molar-refractivity contribution < 1.29 is 22.7 Å². The van der Waals surface area contributed by atoms with Crippen molar-refractivity contribution in [1.82, 2.24) is 5.32 Å². The molecule has 1 aliphatic heterocycles. The number of amides is 1. The van der Waals surface area contributed by atoms with E-state index in [0.717, 1.165) is 19.4 Å². The van der Waals surface area contributed by atoms with Gasteiger partial charge in [-0.1, -0.05) is 0 Å². The minimum absolute atomic E-state index is 0.